The van der Waals surface area contributed by atoms with E-state index in [9.17, 15) is 4.79 Å². The average molecular weight is 561 g/mol. The molecule has 0 radical (unpaired) electrons. The standard InChI is InChI=1S/C15H26N4S.C14H22N4O.2H2/c1-5-20-7-6-19-9-12(10-19)18-14-8-13(15(2,3)4)16-11-17-14;1-10(19)18-6-5-11(8-18)17-13-7-12(14(2,3)4)15-9-16-13;;/h8,11-12H,5-7,9-10H2,1-4H3,(H,16,17,18);7,9,11H,5-6,8H2,1-4H3,(H,15,16,17);2*1H/t;11-;;/m.0../s1. The molecule has 2 aliphatic heterocycles. The first-order chi connectivity index (χ1) is 18.3. The molecule has 1 amide bonds. The van der Waals surface area contributed by atoms with Gasteiger partial charge in [0, 0.05) is 77.3 Å². The van der Waals surface area contributed by atoms with Gasteiger partial charge in [0.2, 0.25) is 5.91 Å². The SMILES string of the molecule is CC(=O)N1CC[C@H](Nc2cc(C(C)(C)C)ncn2)C1.CCSCCN1CC(Nc2cc(C(C)(C)C)ncn2)C1.[HH].[HH]. The van der Waals surface area contributed by atoms with Crippen LogP contribution in [0.15, 0.2) is 24.8 Å². The molecule has 0 saturated carbocycles. The Hall–Kier alpha value is -2.46. The zero-order chi connectivity index (χ0) is 28.6. The van der Waals surface area contributed by atoms with Gasteiger partial charge in [-0.3, -0.25) is 9.69 Å². The van der Waals surface area contributed by atoms with Crippen molar-refractivity contribution in [3.05, 3.63) is 36.2 Å². The van der Waals surface area contributed by atoms with Crippen LogP contribution in [-0.4, -0.2) is 92.0 Å². The van der Waals surface area contributed by atoms with Crippen LogP contribution >= 0.6 is 11.8 Å². The van der Waals surface area contributed by atoms with Crippen LogP contribution in [0.3, 0.4) is 0 Å². The zero-order valence-corrected chi connectivity index (χ0v) is 25.9. The molecular weight excluding hydrogens is 508 g/mol. The predicted molar refractivity (Wildman–Crippen MR) is 167 cm³/mol. The molecule has 2 fully saturated rings. The van der Waals surface area contributed by atoms with Crippen LogP contribution in [0.25, 0.3) is 0 Å². The maximum absolute atomic E-state index is 11.3. The summed E-state index contributed by atoms with van der Waals surface area (Å²) in [7, 11) is 0. The minimum absolute atomic E-state index is 0. The topological polar surface area (TPSA) is 99.2 Å². The number of amides is 1. The predicted octanol–water partition coefficient (Wildman–Crippen LogP) is 4.92. The van der Waals surface area contributed by atoms with Gasteiger partial charge in [0.25, 0.3) is 0 Å². The summed E-state index contributed by atoms with van der Waals surface area (Å²) in [5, 5.41) is 6.90. The van der Waals surface area contributed by atoms with Crippen LogP contribution in [0, 0.1) is 0 Å². The monoisotopic (exact) mass is 560 g/mol. The molecule has 39 heavy (non-hydrogen) atoms. The van der Waals surface area contributed by atoms with E-state index in [2.05, 4.69) is 90.0 Å². The number of likely N-dealkylation sites (tertiary alicyclic amines) is 2. The second kappa shape index (κ2) is 13.7. The van der Waals surface area contributed by atoms with E-state index in [4.69, 9.17) is 0 Å². The van der Waals surface area contributed by atoms with Crippen molar-refractivity contribution in [1.29, 1.82) is 0 Å². The van der Waals surface area contributed by atoms with Gasteiger partial charge < -0.3 is 15.5 Å². The van der Waals surface area contributed by atoms with Gasteiger partial charge in [-0.2, -0.15) is 11.8 Å². The van der Waals surface area contributed by atoms with Crippen molar-refractivity contribution in [2.75, 3.05) is 54.9 Å². The summed E-state index contributed by atoms with van der Waals surface area (Å²) < 4.78 is 0. The molecule has 220 valence electrons. The Morgan fingerprint density at radius 2 is 1.46 bits per heavy atom. The first kappa shape index (κ1) is 31.1. The number of thioether (sulfide) groups is 1. The Morgan fingerprint density at radius 3 is 1.92 bits per heavy atom. The fraction of sp³-hybridized carbons (Fsp3) is 0.690. The molecule has 10 heteroatoms. The van der Waals surface area contributed by atoms with E-state index >= 15 is 0 Å². The lowest BCUT2D eigenvalue weighted by Gasteiger charge is -2.39. The van der Waals surface area contributed by atoms with E-state index in [1.165, 1.54) is 18.1 Å². The normalized spacial score (nSPS) is 18.3. The Balaban J connectivity index is 0.000000391. The van der Waals surface area contributed by atoms with Gasteiger partial charge in [-0.25, -0.2) is 19.9 Å². The highest BCUT2D eigenvalue weighted by Crippen LogP contribution is 2.23. The fourth-order valence-electron chi connectivity index (χ4n) is 4.46. The molecular formula is C29H52N8OS. The molecule has 0 aliphatic carbocycles. The number of carbonyl (C=O) groups is 1. The van der Waals surface area contributed by atoms with Gasteiger partial charge in [-0.05, 0) is 12.2 Å². The largest absolute Gasteiger partial charge is 0.365 e. The molecule has 2 aromatic heterocycles. The summed E-state index contributed by atoms with van der Waals surface area (Å²) in [6.45, 7) is 21.8. The van der Waals surface area contributed by atoms with Gasteiger partial charge in [0.05, 0.1) is 17.4 Å². The van der Waals surface area contributed by atoms with Crippen LogP contribution in [0.4, 0.5) is 11.6 Å². The zero-order valence-electron chi connectivity index (χ0n) is 25.1. The lowest BCUT2D eigenvalue weighted by atomic mass is 9.92. The number of hydrogen-bond donors (Lipinski definition) is 2. The van der Waals surface area contributed by atoms with Crippen molar-refractivity contribution in [2.24, 2.45) is 0 Å². The van der Waals surface area contributed by atoms with Crippen molar-refractivity contribution in [3.63, 3.8) is 0 Å². The summed E-state index contributed by atoms with van der Waals surface area (Å²) in [6, 6.07) is 4.89. The number of carbonyl (C=O) groups excluding carboxylic acids is 1. The minimum atomic E-state index is 0. The average Bonchev–Trinajstić information content (AvgIpc) is 3.31. The van der Waals surface area contributed by atoms with Gasteiger partial charge in [0.1, 0.15) is 24.3 Å². The molecule has 1 atom stereocenters. The van der Waals surface area contributed by atoms with Gasteiger partial charge in [0.15, 0.2) is 0 Å². The van der Waals surface area contributed by atoms with E-state index in [0.29, 0.717) is 6.04 Å². The van der Waals surface area contributed by atoms with E-state index in [1.54, 1.807) is 19.6 Å². The van der Waals surface area contributed by atoms with Crippen molar-refractivity contribution >= 4 is 29.3 Å². The third-order valence-electron chi connectivity index (χ3n) is 6.92. The molecule has 0 aromatic carbocycles. The Morgan fingerprint density at radius 1 is 0.923 bits per heavy atom. The van der Waals surface area contributed by atoms with E-state index in [1.807, 2.05) is 22.7 Å². The Labute approximate surface area is 242 Å². The van der Waals surface area contributed by atoms with Crippen LogP contribution in [0.1, 0.15) is 76.1 Å². The lowest BCUT2D eigenvalue weighted by Crippen LogP contribution is -2.55. The van der Waals surface area contributed by atoms with E-state index in [-0.39, 0.29) is 25.6 Å². The molecule has 2 N–H and O–H groups in total. The number of nitrogens with one attached hydrogen (secondary N) is 2. The highest BCUT2D eigenvalue weighted by atomic mass is 32.2. The number of rotatable bonds is 8. The molecule has 9 nitrogen and oxygen atoms in total. The highest BCUT2D eigenvalue weighted by Gasteiger charge is 2.27. The number of aromatic nitrogens is 4. The summed E-state index contributed by atoms with van der Waals surface area (Å²) in [4.78, 5) is 32.9. The maximum Gasteiger partial charge on any atom is 0.219 e. The summed E-state index contributed by atoms with van der Waals surface area (Å²) in [6.07, 6.45) is 4.23. The smallest absolute Gasteiger partial charge is 0.219 e. The third-order valence-corrected chi connectivity index (χ3v) is 7.80. The quantitative estimate of drug-likeness (QED) is 0.436. The maximum atomic E-state index is 11.3. The summed E-state index contributed by atoms with van der Waals surface area (Å²) in [5.41, 5.74) is 2.19. The van der Waals surface area contributed by atoms with Crippen LogP contribution in [0.2, 0.25) is 0 Å². The molecule has 4 heterocycles. The summed E-state index contributed by atoms with van der Waals surface area (Å²) in [5.74, 6) is 4.40. The first-order valence-electron chi connectivity index (χ1n) is 14.1. The van der Waals surface area contributed by atoms with Crippen LogP contribution < -0.4 is 10.6 Å². The van der Waals surface area contributed by atoms with E-state index in [0.717, 1.165) is 55.6 Å². The second-order valence-corrected chi connectivity index (χ2v) is 13.9. The number of hydrogen-bond acceptors (Lipinski definition) is 9. The molecule has 4 rings (SSSR count). The van der Waals surface area contributed by atoms with Crippen molar-refractivity contribution in [1.82, 2.24) is 29.7 Å². The van der Waals surface area contributed by atoms with E-state index < -0.39 is 0 Å². The highest BCUT2D eigenvalue weighted by molar-refractivity contribution is 7.99. The number of nitrogens with zero attached hydrogens (tertiary/aromatic N) is 6. The molecule has 2 saturated heterocycles. The Bertz CT molecular complexity index is 1070. The van der Waals surface area contributed by atoms with Crippen molar-refractivity contribution in [3.8, 4) is 0 Å². The minimum Gasteiger partial charge on any atom is -0.365 e. The molecule has 2 aliphatic rings. The third kappa shape index (κ3) is 9.90. The van der Waals surface area contributed by atoms with Crippen molar-refractivity contribution < 1.29 is 7.65 Å². The van der Waals surface area contributed by atoms with Crippen molar-refractivity contribution in [2.45, 2.75) is 84.7 Å². The molecule has 0 bridgehead atoms. The van der Waals surface area contributed by atoms with Gasteiger partial charge in [-0.1, -0.05) is 48.5 Å². The second-order valence-electron chi connectivity index (χ2n) is 12.5. The Kier molecular flexibility index (Phi) is 11.0. The number of anilines is 2. The lowest BCUT2D eigenvalue weighted by molar-refractivity contribution is -0.127. The molecule has 0 unspecified atom stereocenters. The fourth-order valence-corrected chi connectivity index (χ4v) is 5.13. The van der Waals surface area contributed by atoms with Crippen LogP contribution in [0.5, 0.6) is 0 Å². The van der Waals surface area contributed by atoms with Gasteiger partial charge >= 0.3 is 0 Å². The summed E-state index contributed by atoms with van der Waals surface area (Å²) >= 11 is 2.01. The van der Waals surface area contributed by atoms with Gasteiger partial charge in [-0.15, -0.1) is 0 Å². The first-order valence-corrected chi connectivity index (χ1v) is 15.2. The van der Waals surface area contributed by atoms with Crippen LogP contribution in [-0.2, 0) is 15.6 Å². The molecule has 0 spiro atoms. The molecule has 2 aromatic rings.